The zero-order valence-electron chi connectivity index (χ0n) is 14.9. The first-order chi connectivity index (χ1) is 12.9. The van der Waals surface area contributed by atoms with Crippen LogP contribution in [0.1, 0.15) is 30.6 Å². The Kier molecular flexibility index (Phi) is 5.44. The summed E-state index contributed by atoms with van der Waals surface area (Å²) in [4.78, 5) is 10.9. The minimum Gasteiger partial charge on any atom is -0.493 e. The number of ether oxygens (including phenoxy) is 1. The lowest BCUT2D eigenvalue weighted by atomic mass is 9.93. The number of hydrogen-bond acceptors (Lipinski definition) is 6. The molecule has 0 aliphatic carbocycles. The van der Waals surface area contributed by atoms with Crippen molar-refractivity contribution in [3.8, 4) is 17.0 Å². The SMILES string of the molecule is CCn1ncc(-c2ccc3c(c2C)C(OCCCl)CC(=C=O)S3(=O)=O)c1O. The van der Waals surface area contributed by atoms with Crippen molar-refractivity contribution in [2.24, 2.45) is 0 Å². The van der Waals surface area contributed by atoms with Crippen molar-refractivity contribution in [3.63, 3.8) is 0 Å². The molecule has 1 aliphatic rings. The van der Waals surface area contributed by atoms with Crippen LogP contribution in [0.15, 0.2) is 28.1 Å². The van der Waals surface area contributed by atoms with Gasteiger partial charge in [0.15, 0.2) is 0 Å². The van der Waals surface area contributed by atoms with Gasteiger partial charge in [0.1, 0.15) is 10.8 Å². The largest absolute Gasteiger partial charge is 0.493 e. The number of aryl methyl sites for hydroxylation is 1. The molecule has 3 rings (SSSR count). The summed E-state index contributed by atoms with van der Waals surface area (Å²) in [5, 5.41) is 14.5. The molecule has 27 heavy (non-hydrogen) atoms. The van der Waals surface area contributed by atoms with E-state index >= 15 is 0 Å². The van der Waals surface area contributed by atoms with E-state index in [2.05, 4.69) is 5.10 Å². The number of rotatable bonds is 5. The summed E-state index contributed by atoms with van der Waals surface area (Å²) in [6.07, 6.45) is 0.804. The molecule has 0 spiro atoms. The molecule has 9 heteroatoms. The van der Waals surface area contributed by atoms with Crippen LogP contribution in [-0.4, -0.2) is 41.7 Å². The Morgan fingerprint density at radius 2 is 2.15 bits per heavy atom. The van der Waals surface area contributed by atoms with Crippen LogP contribution in [0.5, 0.6) is 5.88 Å². The summed E-state index contributed by atoms with van der Waals surface area (Å²) in [6, 6.07) is 3.04. The number of sulfone groups is 1. The van der Waals surface area contributed by atoms with Crippen molar-refractivity contribution >= 4 is 27.4 Å². The molecular weight excluding hydrogens is 392 g/mol. The van der Waals surface area contributed by atoms with Gasteiger partial charge in [-0.1, -0.05) is 6.07 Å². The molecule has 1 N–H and O–H groups in total. The van der Waals surface area contributed by atoms with Crippen molar-refractivity contribution in [2.45, 2.75) is 37.8 Å². The van der Waals surface area contributed by atoms with Gasteiger partial charge in [0.25, 0.3) is 0 Å². The molecule has 0 saturated carbocycles. The van der Waals surface area contributed by atoms with Crippen LogP contribution in [0.4, 0.5) is 0 Å². The van der Waals surface area contributed by atoms with Crippen molar-refractivity contribution < 1.29 is 23.1 Å². The minimum atomic E-state index is -3.93. The average molecular weight is 411 g/mol. The third-order valence-corrected chi connectivity index (χ3v) is 6.68. The predicted molar refractivity (Wildman–Crippen MR) is 100 cm³/mol. The average Bonchev–Trinajstić information content (AvgIpc) is 3.01. The first-order valence-electron chi connectivity index (χ1n) is 8.42. The summed E-state index contributed by atoms with van der Waals surface area (Å²) in [5.41, 5.74) is 2.27. The van der Waals surface area contributed by atoms with E-state index in [9.17, 15) is 18.3 Å². The van der Waals surface area contributed by atoms with Gasteiger partial charge in [-0.05, 0) is 31.0 Å². The highest BCUT2D eigenvalue weighted by atomic mass is 35.5. The van der Waals surface area contributed by atoms with Crippen LogP contribution in [-0.2, 0) is 25.9 Å². The van der Waals surface area contributed by atoms with Gasteiger partial charge in [-0.25, -0.2) is 17.9 Å². The lowest BCUT2D eigenvalue weighted by molar-refractivity contribution is 0.0618. The number of alkyl halides is 1. The summed E-state index contributed by atoms with van der Waals surface area (Å²) in [7, 11) is -3.93. The van der Waals surface area contributed by atoms with Gasteiger partial charge >= 0.3 is 0 Å². The molecular formula is C18H19ClN2O5S. The number of nitrogens with zero attached hydrogens (tertiary/aromatic N) is 2. The van der Waals surface area contributed by atoms with Gasteiger partial charge in [0, 0.05) is 24.4 Å². The molecule has 2 aromatic rings. The van der Waals surface area contributed by atoms with Crippen LogP contribution in [0.25, 0.3) is 11.1 Å². The van der Waals surface area contributed by atoms with Crippen LogP contribution >= 0.6 is 11.6 Å². The molecule has 1 atom stereocenters. The van der Waals surface area contributed by atoms with Crippen LogP contribution in [0, 0.1) is 6.92 Å². The Labute approximate surface area is 162 Å². The maximum Gasteiger partial charge on any atom is 0.217 e. The molecule has 7 nitrogen and oxygen atoms in total. The lowest BCUT2D eigenvalue weighted by Crippen LogP contribution is -2.23. The molecule has 1 aliphatic heterocycles. The smallest absolute Gasteiger partial charge is 0.217 e. The minimum absolute atomic E-state index is 0.00548. The maximum atomic E-state index is 12.7. The highest BCUT2D eigenvalue weighted by molar-refractivity contribution is 7.95. The van der Waals surface area contributed by atoms with Crippen LogP contribution < -0.4 is 0 Å². The first-order valence-corrected chi connectivity index (χ1v) is 10.4. The van der Waals surface area contributed by atoms with Crippen LogP contribution in [0.2, 0.25) is 0 Å². The molecule has 0 fully saturated rings. The molecule has 0 amide bonds. The van der Waals surface area contributed by atoms with Crippen molar-refractivity contribution in [1.82, 2.24) is 9.78 Å². The number of fused-ring (bicyclic) bond motifs is 1. The molecule has 1 unspecified atom stereocenters. The number of benzene rings is 1. The Morgan fingerprint density at radius 3 is 2.74 bits per heavy atom. The second-order valence-corrected chi connectivity index (χ2v) is 8.45. The van der Waals surface area contributed by atoms with E-state index in [1.165, 1.54) is 22.9 Å². The fraction of sp³-hybridized carbons (Fsp3) is 0.389. The lowest BCUT2D eigenvalue weighted by Gasteiger charge is -2.28. The van der Waals surface area contributed by atoms with Gasteiger partial charge in [-0.15, -0.1) is 11.6 Å². The quantitative estimate of drug-likeness (QED) is 0.601. The molecule has 0 radical (unpaired) electrons. The summed E-state index contributed by atoms with van der Waals surface area (Å²) in [6.45, 7) is 4.32. The van der Waals surface area contributed by atoms with E-state index < -0.39 is 15.9 Å². The zero-order valence-corrected chi connectivity index (χ0v) is 16.5. The molecule has 1 aromatic carbocycles. The molecule has 1 aromatic heterocycles. The van der Waals surface area contributed by atoms with Crippen molar-refractivity contribution in [2.75, 3.05) is 12.5 Å². The molecule has 0 bridgehead atoms. The van der Waals surface area contributed by atoms with Crippen molar-refractivity contribution in [3.05, 3.63) is 34.4 Å². The number of aromatic nitrogens is 2. The van der Waals surface area contributed by atoms with Gasteiger partial charge in [-0.3, -0.25) is 0 Å². The molecule has 0 saturated heterocycles. The standard InChI is InChI=1S/C18H19ClN2O5S/c1-3-21-18(23)14(9-20-21)13-4-5-16-17(11(13)2)15(26-7-6-19)8-12(10-22)27(16,24)25/h4-5,9,15,23H,3,6-8H2,1-2H3. The highest BCUT2D eigenvalue weighted by Gasteiger charge is 2.38. The number of halogens is 1. The van der Waals surface area contributed by atoms with E-state index in [-0.39, 0.29) is 34.6 Å². The summed E-state index contributed by atoms with van der Waals surface area (Å²) >= 11 is 5.71. The predicted octanol–water partition coefficient (Wildman–Crippen LogP) is 2.77. The second kappa shape index (κ2) is 7.48. The Hall–Kier alpha value is -2.12. The summed E-state index contributed by atoms with van der Waals surface area (Å²) < 4.78 is 32.6. The number of hydrogen-bond donors (Lipinski definition) is 1. The normalized spacial score (nSPS) is 18.2. The summed E-state index contributed by atoms with van der Waals surface area (Å²) in [5.74, 6) is 1.78. The third-order valence-electron chi connectivity index (χ3n) is 4.69. The van der Waals surface area contributed by atoms with E-state index in [0.717, 1.165) is 0 Å². The van der Waals surface area contributed by atoms with E-state index in [1.54, 1.807) is 13.0 Å². The topological polar surface area (TPSA) is 98.5 Å². The van der Waals surface area contributed by atoms with Gasteiger partial charge in [-0.2, -0.15) is 5.10 Å². The Morgan fingerprint density at radius 1 is 1.41 bits per heavy atom. The van der Waals surface area contributed by atoms with Crippen LogP contribution in [0.3, 0.4) is 0 Å². The monoisotopic (exact) mass is 410 g/mol. The highest BCUT2D eigenvalue weighted by Crippen LogP contribution is 2.44. The van der Waals surface area contributed by atoms with E-state index in [4.69, 9.17) is 16.3 Å². The Balaban J connectivity index is 2.24. The molecule has 2 heterocycles. The Bertz CT molecular complexity index is 1040. The number of carbonyl (C=O) groups excluding carboxylic acids is 1. The fourth-order valence-electron chi connectivity index (χ4n) is 3.37. The van der Waals surface area contributed by atoms with E-state index in [0.29, 0.717) is 28.8 Å². The first kappa shape index (κ1) is 19.6. The third kappa shape index (κ3) is 3.19. The number of aromatic hydroxyl groups is 1. The van der Waals surface area contributed by atoms with Gasteiger partial charge in [0.2, 0.25) is 15.7 Å². The second-order valence-electron chi connectivity index (χ2n) is 6.13. The van der Waals surface area contributed by atoms with Gasteiger partial charge in [0.05, 0.1) is 29.4 Å². The van der Waals surface area contributed by atoms with Gasteiger partial charge < -0.3 is 9.84 Å². The van der Waals surface area contributed by atoms with Crippen molar-refractivity contribution in [1.29, 1.82) is 0 Å². The zero-order chi connectivity index (χ0) is 19.8. The van der Waals surface area contributed by atoms with E-state index in [1.807, 2.05) is 6.92 Å². The fourth-order valence-corrected chi connectivity index (χ4v) is 5.03. The molecule has 144 valence electrons. The maximum absolute atomic E-state index is 12.7.